The average Bonchev–Trinajstić information content (AvgIpc) is 2.26. The van der Waals surface area contributed by atoms with Gasteiger partial charge in [0.1, 0.15) is 12.7 Å². The number of ether oxygens (including phenoxy) is 2. The Morgan fingerprint density at radius 2 is 1.76 bits per heavy atom. The number of rotatable bonds is 5. The van der Waals surface area contributed by atoms with E-state index in [4.69, 9.17) is 9.47 Å². The smallest absolute Gasteiger partial charge is 0.303 e. The molecule has 1 unspecified atom stereocenters. The van der Waals surface area contributed by atoms with Crippen LogP contribution < -0.4 is 0 Å². The molecule has 0 heterocycles. The Hall–Kier alpha value is -1.06. The average molecular weight is 242 g/mol. The van der Waals surface area contributed by atoms with E-state index in [0.717, 1.165) is 6.42 Å². The van der Waals surface area contributed by atoms with E-state index >= 15 is 0 Å². The van der Waals surface area contributed by atoms with Gasteiger partial charge < -0.3 is 9.47 Å². The van der Waals surface area contributed by atoms with Gasteiger partial charge in [0.15, 0.2) is 0 Å². The summed E-state index contributed by atoms with van der Waals surface area (Å²) in [5, 5.41) is 0. The molecular weight excluding hydrogens is 220 g/mol. The van der Waals surface area contributed by atoms with Gasteiger partial charge >= 0.3 is 11.9 Å². The Bertz CT molecular complexity index is 256. The summed E-state index contributed by atoms with van der Waals surface area (Å²) < 4.78 is 10.1. The van der Waals surface area contributed by atoms with Crippen molar-refractivity contribution in [3.63, 3.8) is 0 Å². The molecule has 0 amide bonds. The van der Waals surface area contributed by atoms with E-state index in [1.165, 1.54) is 46.0 Å². The van der Waals surface area contributed by atoms with Crippen molar-refractivity contribution >= 4 is 11.9 Å². The summed E-state index contributed by atoms with van der Waals surface area (Å²) in [5.74, 6) is -0.0348. The van der Waals surface area contributed by atoms with Gasteiger partial charge in [-0.2, -0.15) is 0 Å². The lowest BCUT2D eigenvalue weighted by Gasteiger charge is -2.25. The van der Waals surface area contributed by atoms with Gasteiger partial charge in [-0.3, -0.25) is 9.59 Å². The van der Waals surface area contributed by atoms with Crippen molar-refractivity contribution in [2.24, 2.45) is 5.92 Å². The Balaban J connectivity index is 2.37. The minimum atomic E-state index is -0.328. The molecule has 4 heteroatoms. The van der Waals surface area contributed by atoms with Crippen LogP contribution in [0, 0.1) is 5.92 Å². The highest BCUT2D eigenvalue weighted by Crippen LogP contribution is 2.28. The highest BCUT2D eigenvalue weighted by molar-refractivity contribution is 5.67. The Labute approximate surface area is 103 Å². The molecule has 1 rings (SSSR count). The second-order valence-corrected chi connectivity index (χ2v) is 4.77. The molecule has 0 bridgehead atoms. The van der Waals surface area contributed by atoms with Crippen LogP contribution in [0.15, 0.2) is 0 Å². The third-order valence-electron chi connectivity index (χ3n) is 3.13. The minimum absolute atomic E-state index is 0.186. The standard InChI is InChI=1S/C13H22O4/c1-10(14)16-9-13(17-11(2)15)8-12-6-4-3-5-7-12/h12-13H,3-9H2,1-2H3. The number of hydrogen-bond acceptors (Lipinski definition) is 4. The van der Waals surface area contributed by atoms with E-state index in [0.29, 0.717) is 5.92 Å². The highest BCUT2D eigenvalue weighted by Gasteiger charge is 2.21. The van der Waals surface area contributed by atoms with Crippen molar-refractivity contribution in [3.8, 4) is 0 Å². The highest BCUT2D eigenvalue weighted by atomic mass is 16.6. The molecule has 1 atom stereocenters. The Morgan fingerprint density at radius 3 is 2.29 bits per heavy atom. The van der Waals surface area contributed by atoms with E-state index in [9.17, 15) is 9.59 Å². The van der Waals surface area contributed by atoms with Crippen LogP contribution in [-0.2, 0) is 19.1 Å². The van der Waals surface area contributed by atoms with Gasteiger partial charge in [0, 0.05) is 13.8 Å². The molecule has 4 nitrogen and oxygen atoms in total. The Kier molecular flexibility index (Phi) is 6.01. The van der Waals surface area contributed by atoms with Crippen LogP contribution in [0.25, 0.3) is 0 Å². The Morgan fingerprint density at radius 1 is 1.12 bits per heavy atom. The maximum Gasteiger partial charge on any atom is 0.303 e. The maximum atomic E-state index is 11.0. The molecule has 0 spiro atoms. The molecule has 0 radical (unpaired) electrons. The van der Waals surface area contributed by atoms with Gasteiger partial charge in [0.2, 0.25) is 0 Å². The SMILES string of the molecule is CC(=O)OCC(CC1CCCCC1)OC(C)=O. The fourth-order valence-corrected chi connectivity index (χ4v) is 2.39. The predicted molar refractivity (Wildman–Crippen MR) is 63.4 cm³/mol. The fourth-order valence-electron chi connectivity index (χ4n) is 2.39. The maximum absolute atomic E-state index is 11.0. The molecule has 0 aliphatic heterocycles. The van der Waals surface area contributed by atoms with Gasteiger partial charge in [-0.15, -0.1) is 0 Å². The molecule has 0 aromatic rings. The van der Waals surface area contributed by atoms with Crippen molar-refractivity contribution in [3.05, 3.63) is 0 Å². The third kappa shape index (κ3) is 6.29. The van der Waals surface area contributed by atoms with E-state index in [1.807, 2.05) is 0 Å². The lowest BCUT2D eigenvalue weighted by molar-refractivity contribution is -0.157. The second kappa shape index (κ2) is 7.30. The first kappa shape index (κ1) is 14.0. The summed E-state index contributed by atoms with van der Waals surface area (Å²) in [6.45, 7) is 2.94. The molecular formula is C13H22O4. The summed E-state index contributed by atoms with van der Waals surface area (Å²) in [5.41, 5.74) is 0. The van der Waals surface area contributed by atoms with E-state index in [1.54, 1.807) is 0 Å². The van der Waals surface area contributed by atoms with Gasteiger partial charge in [0.05, 0.1) is 0 Å². The minimum Gasteiger partial charge on any atom is -0.462 e. The first-order valence-electron chi connectivity index (χ1n) is 6.38. The molecule has 0 N–H and O–H groups in total. The number of hydrogen-bond donors (Lipinski definition) is 0. The topological polar surface area (TPSA) is 52.6 Å². The van der Waals surface area contributed by atoms with Crippen LogP contribution in [0.2, 0.25) is 0 Å². The normalized spacial score (nSPS) is 18.5. The van der Waals surface area contributed by atoms with Crippen molar-refractivity contribution in [2.75, 3.05) is 6.61 Å². The largest absolute Gasteiger partial charge is 0.462 e. The predicted octanol–water partition coefficient (Wildman–Crippen LogP) is 2.45. The molecule has 98 valence electrons. The third-order valence-corrected chi connectivity index (χ3v) is 3.13. The van der Waals surface area contributed by atoms with Crippen LogP contribution in [0.1, 0.15) is 52.4 Å². The summed E-state index contributed by atoms with van der Waals surface area (Å²) >= 11 is 0. The van der Waals surface area contributed by atoms with Crippen LogP contribution in [0.3, 0.4) is 0 Å². The first-order chi connectivity index (χ1) is 8.08. The molecule has 17 heavy (non-hydrogen) atoms. The lowest BCUT2D eigenvalue weighted by atomic mass is 9.85. The summed E-state index contributed by atoms with van der Waals surface area (Å²) in [6, 6.07) is 0. The van der Waals surface area contributed by atoms with Gasteiger partial charge in [-0.1, -0.05) is 32.1 Å². The van der Waals surface area contributed by atoms with Crippen LogP contribution in [0.4, 0.5) is 0 Å². The zero-order valence-electron chi connectivity index (χ0n) is 10.7. The fraction of sp³-hybridized carbons (Fsp3) is 0.846. The van der Waals surface area contributed by atoms with Crippen LogP contribution in [0.5, 0.6) is 0 Å². The van der Waals surface area contributed by atoms with Crippen LogP contribution >= 0.6 is 0 Å². The van der Waals surface area contributed by atoms with Gasteiger partial charge in [0.25, 0.3) is 0 Å². The first-order valence-corrected chi connectivity index (χ1v) is 6.38. The zero-order chi connectivity index (χ0) is 12.7. The van der Waals surface area contributed by atoms with E-state index in [-0.39, 0.29) is 24.6 Å². The van der Waals surface area contributed by atoms with Crippen molar-refractivity contribution < 1.29 is 19.1 Å². The number of carbonyl (C=O) groups excluding carboxylic acids is 2. The summed E-state index contributed by atoms with van der Waals surface area (Å²) in [4.78, 5) is 21.7. The molecule has 0 aromatic carbocycles. The monoisotopic (exact) mass is 242 g/mol. The second-order valence-electron chi connectivity index (χ2n) is 4.77. The van der Waals surface area contributed by atoms with Gasteiger partial charge in [-0.05, 0) is 12.3 Å². The molecule has 1 aliphatic carbocycles. The molecule has 1 fully saturated rings. The lowest BCUT2D eigenvalue weighted by Crippen LogP contribution is -2.27. The molecule has 1 saturated carbocycles. The van der Waals surface area contributed by atoms with Crippen molar-refractivity contribution in [1.82, 2.24) is 0 Å². The number of esters is 2. The van der Waals surface area contributed by atoms with Gasteiger partial charge in [-0.25, -0.2) is 0 Å². The van der Waals surface area contributed by atoms with Crippen molar-refractivity contribution in [2.45, 2.75) is 58.5 Å². The molecule has 1 aliphatic rings. The zero-order valence-corrected chi connectivity index (χ0v) is 10.7. The van der Waals surface area contributed by atoms with Crippen LogP contribution in [-0.4, -0.2) is 24.6 Å². The van der Waals surface area contributed by atoms with E-state index in [2.05, 4.69) is 0 Å². The summed E-state index contributed by atoms with van der Waals surface area (Å²) in [7, 11) is 0. The van der Waals surface area contributed by atoms with Crippen molar-refractivity contribution in [1.29, 1.82) is 0 Å². The molecule has 0 aromatic heterocycles. The van der Waals surface area contributed by atoms with E-state index < -0.39 is 0 Å². The quantitative estimate of drug-likeness (QED) is 0.695. The summed E-state index contributed by atoms with van der Waals surface area (Å²) in [6.07, 6.45) is 6.73. The molecule has 0 saturated heterocycles. The number of carbonyl (C=O) groups is 2.